The van der Waals surface area contributed by atoms with Crippen molar-refractivity contribution in [2.75, 3.05) is 0 Å². The average molecular weight is 266 g/mol. The predicted octanol–water partition coefficient (Wildman–Crippen LogP) is 1.94. The summed E-state index contributed by atoms with van der Waals surface area (Å²) in [5, 5.41) is 2.96. The minimum atomic E-state index is -0.302. The predicted molar refractivity (Wildman–Crippen MR) is 74.5 cm³/mol. The van der Waals surface area contributed by atoms with Crippen LogP contribution in [0.15, 0.2) is 0 Å². The first-order chi connectivity index (χ1) is 8.97. The van der Waals surface area contributed by atoms with Gasteiger partial charge in [0.2, 0.25) is 11.8 Å². The SMILES string of the molecule is CCCC(C)N1C(=O)C(C2CC2)NC(=O)C1C(C)C. The van der Waals surface area contributed by atoms with Crippen LogP contribution in [-0.4, -0.2) is 34.8 Å². The number of carbonyl (C=O) groups excluding carboxylic acids is 2. The molecule has 0 spiro atoms. The third-order valence-corrected chi connectivity index (χ3v) is 4.29. The highest BCUT2D eigenvalue weighted by molar-refractivity contribution is 5.97. The molecule has 108 valence electrons. The standard InChI is InChI=1S/C15H26N2O2/c1-5-6-10(4)17-13(9(2)3)14(18)16-12(15(17)19)11-7-8-11/h9-13H,5-8H2,1-4H3,(H,16,18). The van der Waals surface area contributed by atoms with Gasteiger partial charge in [0.05, 0.1) is 0 Å². The summed E-state index contributed by atoms with van der Waals surface area (Å²) in [6.07, 6.45) is 4.13. The van der Waals surface area contributed by atoms with Crippen LogP contribution in [0.4, 0.5) is 0 Å². The van der Waals surface area contributed by atoms with Crippen molar-refractivity contribution in [3.05, 3.63) is 0 Å². The van der Waals surface area contributed by atoms with Gasteiger partial charge in [-0.15, -0.1) is 0 Å². The van der Waals surface area contributed by atoms with Crippen LogP contribution in [0.2, 0.25) is 0 Å². The summed E-state index contributed by atoms with van der Waals surface area (Å²) in [4.78, 5) is 26.9. The number of rotatable bonds is 5. The quantitative estimate of drug-likeness (QED) is 0.826. The van der Waals surface area contributed by atoms with Crippen LogP contribution in [0, 0.1) is 11.8 Å². The molecule has 2 amide bonds. The minimum Gasteiger partial charge on any atom is -0.342 e. The van der Waals surface area contributed by atoms with E-state index in [0.717, 1.165) is 25.7 Å². The van der Waals surface area contributed by atoms with E-state index in [9.17, 15) is 9.59 Å². The lowest BCUT2D eigenvalue weighted by Crippen LogP contribution is -2.67. The molecule has 1 aliphatic heterocycles. The average Bonchev–Trinajstić information content (AvgIpc) is 3.14. The first-order valence-electron chi connectivity index (χ1n) is 7.59. The monoisotopic (exact) mass is 266 g/mol. The molecule has 0 radical (unpaired) electrons. The lowest BCUT2D eigenvalue weighted by atomic mass is 9.93. The Morgan fingerprint density at radius 1 is 1.26 bits per heavy atom. The number of hydrogen-bond acceptors (Lipinski definition) is 2. The molecule has 1 N–H and O–H groups in total. The van der Waals surface area contributed by atoms with Gasteiger partial charge in [0, 0.05) is 6.04 Å². The second-order valence-corrected chi connectivity index (χ2v) is 6.40. The highest BCUT2D eigenvalue weighted by Crippen LogP contribution is 2.36. The Hall–Kier alpha value is -1.06. The maximum Gasteiger partial charge on any atom is 0.246 e. The van der Waals surface area contributed by atoms with E-state index in [-0.39, 0.29) is 35.9 Å². The van der Waals surface area contributed by atoms with Crippen molar-refractivity contribution in [3.63, 3.8) is 0 Å². The van der Waals surface area contributed by atoms with E-state index < -0.39 is 0 Å². The Kier molecular flexibility index (Phi) is 4.16. The first kappa shape index (κ1) is 14.4. The third kappa shape index (κ3) is 2.77. The third-order valence-electron chi connectivity index (χ3n) is 4.29. The van der Waals surface area contributed by atoms with Crippen LogP contribution < -0.4 is 5.32 Å². The molecule has 0 aromatic carbocycles. The minimum absolute atomic E-state index is 0.0365. The first-order valence-corrected chi connectivity index (χ1v) is 7.59. The lowest BCUT2D eigenvalue weighted by Gasteiger charge is -2.44. The van der Waals surface area contributed by atoms with Crippen LogP contribution in [0.3, 0.4) is 0 Å². The molecule has 1 heterocycles. The molecule has 19 heavy (non-hydrogen) atoms. The largest absolute Gasteiger partial charge is 0.342 e. The van der Waals surface area contributed by atoms with Gasteiger partial charge in [0.15, 0.2) is 0 Å². The number of nitrogens with zero attached hydrogens (tertiary/aromatic N) is 1. The van der Waals surface area contributed by atoms with Gasteiger partial charge in [0.1, 0.15) is 12.1 Å². The molecule has 1 saturated carbocycles. The Labute approximate surface area is 115 Å². The molecule has 3 atom stereocenters. The zero-order chi connectivity index (χ0) is 14.2. The van der Waals surface area contributed by atoms with Crippen molar-refractivity contribution < 1.29 is 9.59 Å². The van der Waals surface area contributed by atoms with Gasteiger partial charge in [-0.2, -0.15) is 0 Å². The Morgan fingerprint density at radius 3 is 2.37 bits per heavy atom. The van der Waals surface area contributed by atoms with Crippen LogP contribution >= 0.6 is 0 Å². The number of hydrogen-bond donors (Lipinski definition) is 1. The van der Waals surface area contributed by atoms with Crippen molar-refractivity contribution in [1.82, 2.24) is 10.2 Å². The summed E-state index contributed by atoms with van der Waals surface area (Å²) in [7, 11) is 0. The highest BCUT2D eigenvalue weighted by Gasteiger charge is 2.48. The van der Waals surface area contributed by atoms with Gasteiger partial charge in [-0.25, -0.2) is 0 Å². The second-order valence-electron chi connectivity index (χ2n) is 6.40. The Balaban J connectivity index is 2.23. The van der Waals surface area contributed by atoms with Crippen LogP contribution in [-0.2, 0) is 9.59 Å². The molecular formula is C15H26N2O2. The van der Waals surface area contributed by atoms with Gasteiger partial charge in [-0.1, -0.05) is 27.2 Å². The summed E-state index contributed by atoms with van der Waals surface area (Å²) < 4.78 is 0. The van der Waals surface area contributed by atoms with Gasteiger partial charge < -0.3 is 10.2 Å². The van der Waals surface area contributed by atoms with E-state index in [0.29, 0.717) is 5.92 Å². The molecular weight excluding hydrogens is 240 g/mol. The molecule has 1 aliphatic carbocycles. The molecule has 3 unspecified atom stereocenters. The molecule has 0 aromatic rings. The van der Waals surface area contributed by atoms with Crippen molar-refractivity contribution >= 4 is 11.8 Å². The van der Waals surface area contributed by atoms with E-state index in [1.165, 1.54) is 0 Å². The maximum absolute atomic E-state index is 12.7. The molecule has 4 heteroatoms. The number of carbonyl (C=O) groups is 2. The highest BCUT2D eigenvalue weighted by atomic mass is 16.2. The zero-order valence-corrected chi connectivity index (χ0v) is 12.5. The fourth-order valence-electron chi connectivity index (χ4n) is 3.15. The smallest absolute Gasteiger partial charge is 0.246 e. The van der Waals surface area contributed by atoms with Crippen LogP contribution in [0.5, 0.6) is 0 Å². The summed E-state index contributed by atoms with van der Waals surface area (Å²) in [5.41, 5.74) is 0. The molecule has 1 saturated heterocycles. The number of amides is 2. The molecule has 2 rings (SSSR count). The van der Waals surface area contributed by atoms with E-state index in [1.807, 2.05) is 18.7 Å². The summed E-state index contributed by atoms with van der Waals surface area (Å²) >= 11 is 0. The van der Waals surface area contributed by atoms with Gasteiger partial charge in [0.25, 0.3) is 0 Å². The molecule has 0 bridgehead atoms. The van der Waals surface area contributed by atoms with E-state index in [2.05, 4.69) is 19.2 Å². The van der Waals surface area contributed by atoms with E-state index in [1.54, 1.807) is 0 Å². The summed E-state index contributed by atoms with van der Waals surface area (Å²) in [5.74, 6) is 0.709. The lowest BCUT2D eigenvalue weighted by molar-refractivity contribution is -0.154. The topological polar surface area (TPSA) is 49.4 Å². The Morgan fingerprint density at radius 2 is 1.89 bits per heavy atom. The zero-order valence-electron chi connectivity index (χ0n) is 12.5. The Bertz CT molecular complexity index is 363. The summed E-state index contributed by atoms with van der Waals surface area (Å²) in [6, 6.07) is -0.414. The fraction of sp³-hybridized carbons (Fsp3) is 0.867. The fourth-order valence-corrected chi connectivity index (χ4v) is 3.15. The maximum atomic E-state index is 12.7. The van der Waals surface area contributed by atoms with Crippen LogP contribution in [0.25, 0.3) is 0 Å². The van der Waals surface area contributed by atoms with Gasteiger partial charge >= 0.3 is 0 Å². The van der Waals surface area contributed by atoms with Crippen LogP contribution in [0.1, 0.15) is 53.4 Å². The van der Waals surface area contributed by atoms with Crippen molar-refractivity contribution in [2.45, 2.75) is 71.5 Å². The van der Waals surface area contributed by atoms with Crippen molar-refractivity contribution in [3.8, 4) is 0 Å². The summed E-state index contributed by atoms with van der Waals surface area (Å²) in [6.45, 7) is 8.22. The van der Waals surface area contributed by atoms with Crippen molar-refractivity contribution in [1.29, 1.82) is 0 Å². The molecule has 2 aliphatic rings. The van der Waals surface area contributed by atoms with E-state index >= 15 is 0 Å². The normalized spacial score (nSPS) is 29.6. The number of piperazine rings is 1. The molecule has 2 fully saturated rings. The van der Waals surface area contributed by atoms with Gasteiger partial charge in [-0.05, 0) is 38.0 Å². The molecule has 4 nitrogen and oxygen atoms in total. The van der Waals surface area contributed by atoms with Crippen molar-refractivity contribution in [2.24, 2.45) is 11.8 Å². The number of nitrogens with one attached hydrogen (secondary N) is 1. The second kappa shape index (κ2) is 5.51. The van der Waals surface area contributed by atoms with E-state index in [4.69, 9.17) is 0 Å². The molecule has 0 aromatic heterocycles. The van der Waals surface area contributed by atoms with Gasteiger partial charge in [-0.3, -0.25) is 9.59 Å².